The van der Waals surface area contributed by atoms with E-state index in [4.69, 9.17) is 0 Å². The number of carbonyl (C=O) groups is 1. The van der Waals surface area contributed by atoms with Crippen molar-refractivity contribution in [3.05, 3.63) is 64.4 Å². The molecule has 0 bridgehead atoms. The second-order valence-electron chi connectivity index (χ2n) is 6.77. The molecular weight excluding hydrogens is 441 g/mol. The van der Waals surface area contributed by atoms with Crippen LogP contribution in [0.2, 0.25) is 0 Å². The third kappa shape index (κ3) is 4.36. The summed E-state index contributed by atoms with van der Waals surface area (Å²) in [5.41, 5.74) is 1.22. The average Bonchev–Trinajstić information content (AvgIpc) is 3.46. The summed E-state index contributed by atoms with van der Waals surface area (Å²) in [7, 11) is 0. The third-order valence-electron chi connectivity index (χ3n) is 4.64. The Hall–Kier alpha value is -1.99. The second kappa shape index (κ2) is 8.57. The number of aromatic nitrogens is 3. The van der Waals surface area contributed by atoms with Crippen LogP contribution in [0.15, 0.2) is 58.2 Å². The van der Waals surface area contributed by atoms with Gasteiger partial charge < -0.3 is 0 Å². The van der Waals surface area contributed by atoms with Crippen molar-refractivity contribution in [3.8, 4) is 11.4 Å². The van der Waals surface area contributed by atoms with Crippen LogP contribution in [0.25, 0.3) is 11.4 Å². The smallest absolute Gasteiger partial charge is 0.191 e. The molecule has 0 N–H and O–H groups in total. The van der Waals surface area contributed by atoms with Crippen LogP contribution in [0, 0.1) is 5.82 Å². The van der Waals surface area contributed by atoms with E-state index < -0.39 is 0 Å². The van der Waals surface area contributed by atoms with E-state index >= 15 is 0 Å². The molecule has 4 rings (SSSR count). The maximum absolute atomic E-state index is 14.2. The number of halogens is 2. The number of hydrogen-bond acceptors (Lipinski definition) is 4. The number of Topliss-reactive ketones (excluding diaryl/α,β-unsaturated/α-hetero) is 1. The molecular formula is C21H19BrFN3OS. The summed E-state index contributed by atoms with van der Waals surface area (Å²) in [6.07, 6.45) is 3.38. The van der Waals surface area contributed by atoms with Gasteiger partial charge in [-0.2, -0.15) is 0 Å². The number of hydrogen-bond donors (Lipinski definition) is 0. The van der Waals surface area contributed by atoms with E-state index in [9.17, 15) is 9.18 Å². The fourth-order valence-corrected chi connectivity index (χ4v) is 4.25. The summed E-state index contributed by atoms with van der Waals surface area (Å²) in [6.45, 7) is 0. The van der Waals surface area contributed by atoms with E-state index in [-0.39, 0.29) is 11.6 Å². The first-order valence-corrected chi connectivity index (χ1v) is 11.0. The normalized spacial score (nSPS) is 13.6. The van der Waals surface area contributed by atoms with E-state index in [2.05, 4.69) is 30.7 Å². The Morgan fingerprint density at radius 2 is 1.89 bits per heavy atom. The molecule has 7 heteroatoms. The Morgan fingerprint density at radius 1 is 1.14 bits per heavy atom. The zero-order valence-corrected chi connectivity index (χ0v) is 17.5. The molecule has 2 aromatic carbocycles. The minimum Gasteiger partial charge on any atom is -0.299 e. The lowest BCUT2D eigenvalue weighted by atomic mass is 10.1. The van der Waals surface area contributed by atoms with Gasteiger partial charge in [0.15, 0.2) is 16.8 Å². The lowest BCUT2D eigenvalue weighted by Crippen LogP contribution is -2.02. The van der Waals surface area contributed by atoms with Gasteiger partial charge >= 0.3 is 0 Å². The Kier molecular flexibility index (Phi) is 5.92. The lowest BCUT2D eigenvalue weighted by molar-refractivity contribution is 0.0982. The monoisotopic (exact) mass is 459 g/mol. The van der Waals surface area contributed by atoms with Crippen LogP contribution in [0.5, 0.6) is 0 Å². The van der Waals surface area contributed by atoms with Crippen LogP contribution < -0.4 is 0 Å². The van der Waals surface area contributed by atoms with Gasteiger partial charge in [0, 0.05) is 28.3 Å². The van der Waals surface area contributed by atoms with Crippen molar-refractivity contribution >= 4 is 33.5 Å². The van der Waals surface area contributed by atoms with Crippen LogP contribution >= 0.6 is 27.7 Å². The number of nitrogens with zero attached hydrogens (tertiary/aromatic N) is 3. The molecule has 1 aliphatic carbocycles. The van der Waals surface area contributed by atoms with Gasteiger partial charge in [0.1, 0.15) is 5.82 Å². The largest absolute Gasteiger partial charge is 0.299 e. The Labute approximate surface area is 175 Å². The van der Waals surface area contributed by atoms with Crippen LogP contribution in [0.1, 0.15) is 42.1 Å². The number of ketones is 1. The molecule has 28 heavy (non-hydrogen) atoms. The van der Waals surface area contributed by atoms with Crippen molar-refractivity contribution in [1.82, 2.24) is 14.8 Å². The molecule has 0 radical (unpaired) electrons. The molecule has 0 amide bonds. The molecule has 3 aromatic rings. The quantitative estimate of drug-likeness (QED) is 0.237. The highest BCUT2D eigenvalue weighted by molar-refractivity contribution is 9.10. The standard InChI is InChI=1S/C21H19BrFN3OS/c22-15-9-7-14(8-10-15)19(27)6-3-13-28-21-25-24-20(26(21)16-11-12-16)17-4-1-2-5-18(17)23/h1-2,4-5,7-10,16H,3,6,11-13H2. The SMILES string of the molecule is O=C(CCCSc1nnc(-c2ccccc2F)n1C1CC1)c1ccc(Br)cc1. The number of carbonyl (C=O) groups excluding carboxylic acids is 1. The highest BCUT2D eigenvalue weighted by Crippen LogP contribution is 2.41. The van der Waals surface area contributed by atoms with Crippen LogP contribution in [0.4, 0.5) is 4.39 Å². The first-order valence-electron chi connectivity index (χ1n) is 9.25. The first kappa shape index (κ1) is 19.3. The van der Waals surface area contributed by atoms with Crippen molar-refractivity contribution in [1.29, 1.82) is 0 Å². The van der Waals surface area contributed by atoms with Gasteiger partial charge in [-0.3, -0.25) is 9.36 Å². The topological polar surface area (TPSA) is 47.8 Å². The first-order chi connectivity index (χ1) is 13.6. The van der Waals surface area contributed by atoms with E-state index in [1.54, 1.807) is 23.9 Å². The lowest BCUT2D eigenvalue weighted by Gasteiger charge is -2.09. The number of rotatable bonds is 8. The molecule has 0 spiro atoms. The molecule has 4 nitrogen and oxygen atoms in total. The Morgan fingerprint density at radius 3 is 2.61 bits per heavy atom. The van der Waals surface area contributed by atoms with E-state index in [0.717, 1.165) is 40.2 Å². The predicted octanol–water partition coefficient (Wildman–Crippen LogP) is 5.94. The van der Waals surface area contributed by atoms with Gasteiger partial charge in [0.25, 0.3) is 0 Å². The van der Waals surface area contributed by atoms with Gasteiger partial charge in [-0.1, -0.05) is 52.0 Å². The van der Waals surface area contributed by atoms with Gasteiger partial charge in [-0.05, 0) is 43.5 Å². The number of thioether (sulfide) groups is 1. The highest BCUT2D eigenvalue weighted by Gasteiger charge is 2.30. The maximum atomic E-state index is 14.2. The maximum Gasteiger partial charge on any atom is 0.191 e. The third-order valence-corrected chi connectivity index (χ3v) is 6.19. The summed E-state index contributed by atoms with van der Waals surface area (Å²) in [5.74, 6) is 1.22. The van der Waals surface area contributed by atoms with Gasteiger partial charge in [0.2, 0.25) is 0 Å². The van der Waals surface area contributed by atoms with Gasteiger partial charge in [-0.25, -0.2) is 4.39 Å². The molecule has 0 unspecified atom stereocenters. The Bertz CT molecular complexity index is 986. The molecule has 1 saturated carbocycles. The minimum atomic E-state index is -0.284. The van der Waals surface area contributed by atoms with E-state index in [1.807, 2.05) is 30.3 Å². The van der Waals surface area contributed by atoms with Gasteiger partial charge in [0.05, 0.1) is 5.56 Å². The molecule has 1 aliphatic rings. The van der Waals surface area contributed by atoms with Crippen molar-refractivity contribution in [2.24, 2.45) is 0 Å². The summed E-state index contributed by atoms with van der Waals surface area (Å²) in [5, 5.41) is 9.36. The summed E-state index contributed by atoms with van der Waals surface area (Å²) in [4.78, 5) is 12.3. The summed E-state index contributed by atoms with van der Waals surface area (Å²) >= 11 is 4.96. The van der Waals surface area contributed by atoms with Crippen molar-refractivity contribution in [2.45, 2.75) is 36.9 Å². The average molecular weight is 460 g/mol. The summed E-state index contributed by atoms with van der Waals surface area (Å²) < 4.78 is 17.2. The van der Waals surface area contributed by atoms with Crippen LogP contribution in [-0.4, -0.2) is 26.3 Å². The fraction of sp³-hybridized carbons (Fsp3) is 0.286. The van der Waals surface area contributed by atoms with Gasteiger partial charge in [-0.15, -0.1) is 10.2 Å². The molecule has 1 fully saturated rings. The second-order valence-corrected chi connectivity index (χ2v) is 8.75. The zero-order valence-electron chi connectivity index (χ0n) is 15.1. The molecule has 0 saturated heterocycles. The van der Waals surface area contributed by atoms with Crippen molar-refractivity contribution in [3.63, 3.8) is 0 Å². The predicted molar refractivity (Wildman–Crippen MR) is 112 cm³/mol. The van der Waals surface area contributed by atoms with E-state index in [1.165, 1.54) is 6.07 Å². The van der Waals surface area contributed by atoms with Crippen LogP contribution in [-0.2, 0) is 0 Å². The molecule has 0 atom stereocenters. The Balaban J connectivity index is 1.40. The fourth-order valence-electron chi connectivity index (χ4n) is 3.04. The van der Waals surface area contributed by atoms with E-state index in [0.29, 0.717) is 23.9 Å². The molecule has 0 aliphatic heterocycles. The highest BCUT2D eigenvalue weighted by atomic mass is 79.9. The van der Waals surface area contributed by atoms with Crippen molar-refractivity contribution < 1.29 is 9.18 Å². The van der Waals surface area contributed by atoms with Crippen LogP contribution in [0.3, 0.4) is 0 Å². The van der Waals surface area contributed by atoms with Crippen molar-refractivity contribution in [2.75, 3.05) is 5.75 Å². The molecule has 1 aromatic heterocycles. The zero-order chi connectivity index (χ0) is 19.5. The minimum absolute atomic E-state index is 0.142. The molecule has 144 valence electrons. The molecule has 1 heterocycles. The summed E-state index contributed by atoms with van der Waals surface area (Å²) in [6, 6.07) is 14.4. The number of benzene rings is 2.